The van der Waals surface area contributed by atoms with Gasteiger partial charge in [-0.1, -0.05) is 36.4 Å². The van der Waals surface area contributed by atoms with Gasteiger partial charge in [0.25, 0.3) is 0 Å². The van der Waals surface area contributed by atoms with E-state index in [2.05, 4.69) is 15.6 Å². The van der Waals surface area contributed by atoms with Crippen LogP contribution in [0, 0.1) is 0 Å². The minimum atomic E-state index is -0.622. The van der Waals surface area contributed by atoms with Crippen LogP contribution in [-0.4, -0.2) is 23.3 Å². The van der Waals surface area contributed by atoms with E-state index in [0.29, 0.717) is 13.1 Å². The van der Waals surface area contributed by atoms with Crippen molar-refractivity contribution in [2.75, 3.05) is 6.54 Å². The number of rotatable bonds is 6. The molecule has 0 spiro atoms. The number of carbonyl (C=O) groups excluding carboxylic acids is 2. The van der Waals surface area contributed by atoms with Crippen molar-refractivity contribution >= 4 is 11.8 Å². The van der Waals surface area contributed by atoms with Gasteiger partial charge in [-0.25, -0.2) is 0 Å². The van der Waals surface area contributed by atoms with Gasteiger partial charge in [0, 0.05) is 25.5 Å². The van der Waals surface area contributed by atoms with Crippen LogP contribution in [0.4, 0.5) is 0 Å². The fraction of sp³-hybridized carbons (Fsp3) is 0.235. The molecule has 5 heteroatoms. The molecule has 0 saturated heterocycles. The maximum absolute atomic E-state index is 11.6. The molecule has 5 nitrogen and oxygen atoms in total. The molecule has 0 bridgehead atoms. The molecule has 1 aromatic heterocycles. The Bertz CT molecular complexity index is 600. The van der Waals surface area contributed by atoms with Crippen LogP contribution in [0.15, 0.2) is 54.9 Å². The molecule has 1 aromatic carbocycles. The SMILES string of the molecule is O=C(NCCCc1ccccc1)C(=O)NCc1cccnc1. The van der Waals surface area contributed by atoms with E-state index in [9.17, 15) is 9.59 Å². The van der Waals surface area contributed by atoms with E-state index in [0.717, 1.165) is 18.4 Å². The number of hydrogen-bond acceptors (Lipinski definition) is 3. The summed E-state index contributed by atoms with van der Waals surface area (Å²) in [6.45, 7) is 0.776. The fourth-order valence-electron chi connectivity index (χ4n) is 1.98. The Hall–Kier alpha value is -2.69. The van der Waals surface area contributed by atoms with Crippen LogP contribution in [0.3, 0.4) is 0 Å². The zero-order valence-electron chi connectivity index (χ0n) is 12.3. The van der Waals surface area contributed by atoms with Gasteiger partial charge in [-0.2, -0.15) is 0 Å². The van der Waals surface area contributed by atoms with Crippen LogP contribution in [0.1, 0.15) is 17.5 Å². The van der Waals surface area contributed by atoms with Crippen molar-refractivity contribution in [3.8, 4) is 0 Å². The van der Waals surface area contributed by atoms with Crippen LogP contribution in [0.2, 0.25) is 0 Å². The lowest BCUT2D eigenvalue weighted by Gasteiger charge is -2.06. The van der Waals surface area contributed by atoms with Gasteiger partial charge < -0.3 is 10.6 Å². The highest BCUT2D eigenvalue weighted by Crippen LogP contribution is 2.01. The van der Waals surface area contributed by atoms with Crippen LogP contribution in [0.25, 0.3) is 0 Å². The van der Waals surface area contributed by atoms with E-state index in [-0.39, 0.29) is 0 Å². The van der Waals surface area contributed by atoms with Crippen molar-refractivity contribution in [2.45, 2.75) is 19.4 Å². The number of nitrogens with one attached hydrogen (secondary N) is 2. The largest absolute Gasteiger partial charge is 0.348 e. The highest BCUT2D eigenvalue weighted by atomic mass is 16.2. The molecule has 0 aliphatic carbocycles. The van der Waals surface area contributed by atoms with E-state index in [1.54, 1.807) is 18.5 Å². The number of aryl methyl sites for hydroxylation is 1. The molecule has 0 unspecified atom stereocenters. The van der Waals surface area contributed by atoms with E-state index in [1.807, 2.05) is 36.4 Å². The predicted octanol–water partition coefficient (Wildman–Crippen LogP) is 1.45. The number of benzene rings is 1. The number of amides is 2. The Balaban J connectivity index is 1.63. The van der Waals surface area contributed by atoms with Crippen molar-refractivity contribution in [3.05, 3.63) is 66.0 Å². The van der Waals surface area contributed by atoms with Gasteiger partial charge in [-0.3, -0.25) is 14.6 Å². The van der Waals surface area contributed by atoms with Crippen LogP contribution in [-0.2, 0) is 22.6 Å². The molecule has 22 heavy (non-hydrogen) atoms. The lowest BCUT2D eigenvalue weighted by Crippen LogP contribution is -2.40. The Morgan fingerprint density at radius 2 is 1.64 bits per heavy atom. The normalized spacial score (nSPS) is 10.0. The Morgan fingerprint density at radius 1 is 0.909 bits per heavy atom. The third-order valence-corrected chi connectivity index (χ3v) is 3.15. The molecule has 1 heterocycles. The number of pyridine rings is 1. The molecule has 0 radical (unpaired) electrons. The van der Waals surface area contributed by atoms with Gasteiger partial charge in [0.15, 0.2) is 0 Å². The predicted molar refractivity (Wildman–Crippen MR) is 83.9 cm³/mol. The maximum Gasteiger partial charge on any atom is 0.309 e. The van der Waals surface area contributed by atoms with Crippen molar-refractivity contribution in [1.29, 1.82) is 0 Å². The van der Waals surface area contributed by atoms with Crippen molar-refractivity contribution in [3.63, 3.8) is 0 Å². The highest BCUT2D eigenvalue weighted by molar-refractivity contribution is 6.35. The third-order valence-electron chi connectivity index (χ3n) is 3.15. The van der Waals surface area contributed by atoms with Gasteiger partial charge >= 0.3 is 11.8 Å². The average molecular weight is 297 g/mol. The van der Waals surface area contributed by atoms with Crippen LogP contribution >= 0.6 is 0 Å². The molecular formula is C17H19N3O2. The minimum Gasteiger partial charge on any atom is -0.348 e. The van der Waals surface area contributed by atoms with Gasteiger partial charge in [-0.15, -0.1) is 0 Å². The summed E-state index contributed by atoms with van der Waals surface area (Å²) < 4.78 is 0. The summed E-state index contributed by atoms with van der Waals surface area (Å²) in [5, 5.41) is 5.19. The first kappa shape index (κ1) is 15.7. The third kappa shape index (κ3) is 5.36. The van der Waals surface area contributed by atoms with Gasteiger partial charge in [-0.05, 0) is 30.0 Å². The Labute approximate surface area is 129 Å². The Morgan fingerprint density at radius 3 is 2.36 bits per heavy atom. The summed E-state index contributed by atoms with van der Waals surface area (Å²) in [4.78, 5) is 27.2. The summed E-state index contributed by atoms with van der Waals surface area (Å²) in [7, 11) is 0. The first-order valence-corrected chi connectivity index (χ1v) is 7.24. The van der Waals surface area contributed by atoms with Crippen molar-refractivity contribution in [1.82, 2.24) is 15.6 Å². The van der Waals surface area contributed by atoms with E-state index in [4.69, 9.17) is 0 Å². The first-order chi connectivity index (χ1) is 10.8. The van der Waals surface area contributed by atoms with E-state index in [1.165, 1.54) is 5.56 Å². The van der Waals surface area contributed by atoms with E-state index < -0.39 is 11.8 Å². The second kappa shape index (κ2) is 8.56. The molecule has 2 amide bonds. The van der Waals surface area contributed by atoms with E-state index >= 15 is 0 Å². The summed E-state index contributed by atoms with van der Waals surface area (Å²) in [6.07, 6.45) is 4.98. The fourth-order valence-corrected chi connectivity index (χ4v) is 1.98. The van der Waals surface area contributed by atoms with Gasteiger partial charge in [0.2, 0.25) is 0 Å². The molecule has 2 aromatic rings. The topological polar surface area (TPSA) is 71.1 Å². The molecule has 0 saturated carbocycles. The number of aromatic nitrogens is 1. The number of hydrogen-bond donors (Lipinski definition) is 2. The summed E-state index contributed by atoms with van der Waals surface area (Å²) >= 11 is 0. The maximum atomic E-state index is 11.6. The summed E-state index contributed by atoms with van der Waals surface area (Å²) in [5.41, 5.74) is 2.07. The number of nitrogens with zero attached hydrogens (tertiary/aromatic N) is 1. The lowest BCUT2D eigenvalue weighted by atomic mass is 10.1. The summed E-state index contributed by atoms with van der Waals surface area (Å²) in [5.74, 6) is -1.22. The number of carbonyl (C=O) groups is 2. The molecule has 114 valence electrons. The molecule has 0 aliphatic rings. The zero-order valence-corrected chi connectivity index (χ0v) is 12.3. The monoisotopic (exact) mass is 297 g/mol. The molecular weight excluding hydrogens is 278 g/mol. The highest BCUT2D eigenvalue weighted by Gasteiger charge is 2.11. The molecule has 2 rings (SSSR count). The first-order valence-electron chi connectivity index (χ1n) is 7.24. The average Bonchev–Trinajstić information content (AvgIpc) is 2.58. The quantitative estimate of drug-likeness (QED) is 0.626. The van der Waals surface area contributed by atoms with Crippen molar-refractivity contribution in [2.24, 2.45) is 0 Å². The van der Waals surface area contributed by atoms with Crippen molar-refractivity contribution < 1.29 is 9.59 Å². The molecule has 0 atom stereocenters. The van der Waals surface area contributed by atoms with Gasteiger partial charge in [0.1, 0.15) is 0 Å². The molecule has 0 aliphatic heterocycles. The molecule has 2 N–H and O–H groups in total. The zero-order chi connectivity index (χ0) is 15.6. The lowest BCUT2D eigenvalue weighted by molar-refractivity contribution is -0.139. The van der Waals surface area contributed by atoms with Crippen LogP contribution in [0.5, 0.6) is 0 Å². The molecule has 0 fully saturated rings. The second-order valence-electron chi connectivity index (χ2n) is 4.89. The van der Waals surface area contributed by atoms with Crippen LogP contribution < -0.4 is 10.6 Å². The smallest absolute Gasteiger partial charge is 0.309 e. The standard InChI is InChI=1S/C17H19N3O2/c21-16(17(22)20-13-15-9-4-10-18-12-15)19-11-5-8-14-6-2-1-3-7-14/h1-4,6-7,9-10,12H,5,8,11,13H2,(H,19,21)(H,20,22). The minimum absolute atomic E-state index is 0.296. The Kier molecular flexibility index (Phi) is 6.11. The van der Waals surface area contributed by atoms with Gasteiger partial charge in [0.05, 0.1) is 0 Å². The second-order valence-corrected chi connectivity index (χ2v) is 4.89. The summed E-state index contributed by atoms with van der Waals surface area (Å²) in [6, 6.07) is 13.7.